The average molecular weight is 101 g/mol. The molecule has 0 aromatic heterocycles. The van der Waals surface area contributed by atoms with E-state index in [1.54, 1.807) is 0 Å². The lowest BCUT2D eigenvalue weighted by Gasteiger charge is -2.23. The first-order valence-electron chi connectivity index (χ1n) is 2.67. The van der Waals surface area contributed by atoms with Crippen molar-refractivity contribution >= 4 is 0 Å². The maximum Gasteiger partial charge on any atom is 0.0855 e. The SMILES string of the molecule is C[N+](C)(C)N1CC1. The lowest BCUT2D eigenvalue weighted by molar-refractivity contribution is -0.965. The second-order valence-corrected chi connectivity index (χ2v) is 2.90. The van der Waals surface area contributed by atoms with Crippen LogP contribution in [-0.2, 0) is 0 Å². The summed E-state index contributed by atoms with van der Waals surface area (Å²) in [5.74, 6) is 0. The second kappa shape index (κ2) is 1.20. The fraction of sp³-hybridized carbons (Fsp3) is 1.00. The van der Waals surface area contributed by atoms with Crippen molar-refractivity contribution in [3.05, 3.63) is 0 Å². The van der Waals surface area contributed by atoms with E-state index in [0.717, 1.165) is 4.59 Å². The molecule has 1 heterocycles. The van der Waals surface area contributed by atoms with Gasteiger partial charge in [-0.2, -0.15) is 5.01 Å². The smallest absolute Gasteiger partial charge is 0.0855 e. The molecule has 2 heteroatoms. The molecule has 1 saturated heterocycles. The minimum Gasteiger partial charge on any atom is -0.250 e. The molecule has 0 amide bonds. The predicted molar refractivity (Wildman–Crippen MR) is 29.6 cm³/mol. The van der Waals surface area contributed by atoms with E-state index in [1.165, 1.54) is 13.1 Å². The summed E-state index contributed by atoms with van der Waals surface area (Å²) in [6.45, 7) is 2.56. The van der Waals surface area contributed by atoms with Crippen LogP contribution in [0.25, 0.3) is 0 Å². The van der Waals surface area contributed by atoms with E-state index in [2.05, 4.69) is 26.2 Å². The first-order chi connectivity index (χ1) is 3.11. The lowest BCUT2D eigenvalue weighted by Crippen LogP contribution is -2.40. The molecule has 0 aliphatic carbocycles. The highest BCUT2D eigenvalue weighted by atomic mass is 15.8. The first-order valence-corrected chi connectivity index (χ1v) is 2.67. The van der Waals surface area contributed by atoms with Crippen LogP contribution < -0.4 is 0 Å². The summed E-state index contributed by atoms with van der Waals surface area (Å²) in [6, 6.07) is 0. The van der Waals surface area contributed by atoms with E-state index in [9.17, 15) is 0 Å². The molecule has 42 valence electrons. The van der Waals surface area contributed by atoms with Crippen molar-refractivity contribution in [2.24, 2.45) is 0 Å². The van der Waals surface area contributed by atoms with E-state index in [4.69, 9.17) is 0 Å². The van der Waals surface area contributed by atoms with Crippen LogP contribution in [0.2, 0.25) is 0 Å². The fourth-order valence-corrected chi connectivity index (χ4v) is 0.645. The van der Waals surface area contributed by atoms with Crippen molar-refractivity contribution in [3.63, 3.8) is 0 Å². The largest absolute Gasteiger partial charge is 0.250 e. The normalized spacial score (nSPS) is 22.7. The van der Waals surface area contributed by atoms with E-state index in [0.29, 0.717) is 0 Å². The van der Waals surface area contributed by atoms with Gasteiger partial charge in [0.1, 0.15) is 0 Å². The molecule has 0 spiro atoms. The van der Waals surface area contributed by atoms with Crippen LogP contribution in [0.5, 0.6) is 0 Å². The highest BCUT2D eigenvalue weighted by Crippen LogP contribution is 2.10. The van der Waals surface area contributed by atoms with E-state index in [1.807, 2.05) is 0 Å². The van der Waals surface area contributed by atoms with Gasteiger partial charge in [0.25, 0.3) is 0 Å². The first kappa shape index (κ1) is 5.06. The van der Waals surface area contributed by atoms with Gasteiger partial charge in [-0.15, -0.1) is 0 Å². The molecule has 7 heavy (non-hydrogen) atoms. The molecule has 0 aromatic rings. The van der Waals surface area contributed by atoms with Crippen LogP contribution in [0.15, 0.2) is 0 Å². The Morgan fingerprint density at radius 3 is 1.57 bits per heavy atom. The number of hydrogen-bond acceptors (Lipinski definition) is 1. The quantitative estimate of drug-likeness (QED) is 0.330. The molecule has 0 aromatic carbocycles. The van der Waals surface area contributed by atoms with Crippen molar-refractivity contribution in [2.45, 2.75) is 0 Å². The molecule has 2 nitrogen and oxygen atoms in total. The van der Waals surface area contributed by atoms with Gasteiger partial charge in [-0.25, -0.2) is 0 Å². The van der Waals surface area contributed by atoms with Crippen LogP contribution in [0.4, 0.5) is 0 Å². The number of hydrogen-bond donors (Lipinski definition) is 0. The highest BCUT2D eigenvalue weighted by molar-refractivity contribution is 4.59. The van der Waals surface area contributed by atoms with E-state index >= 15 is 0 Å². The summed E-state index contributed by atoms with van der Waals surface area (Å²) >= 11 is 0. The summed E-state index contributed by atoms with van der Waals surface area (Å²) in [5.41, 5.74) is 0. The van der Waals surface area contributed by atoms with Gasteiger partial charge in [0, 0.05) is 0 Å². The van der Waals surface area contributed by atoms with Crippen molar-refractivity contribution in [2.75, 3.05) is 34.2 Å². The Morgan fingerprint density at radius 2 is 1.57 bits per heavy atom. The van der Waals surface area contributed by atoms with Gasteiger partial charge in [0.15, 0.2) is 0 Å². The maximum atomic E-state index is 2.38. The molecule has 1 aliphatic heterocycles. The molecule has 1 rings (SSSR count). The molecule has 1 fully saturated rings. The topological polar surface area (TPSA) is 3.01 Å². The number of quaternary nitrogens is 1. The molecule has 0 N–H and O–H groups in total. The molecule has 0 saturated carbocycles. The monoisotopic (exact) mass is 101 g/mol. The Hall–Kier alpha value is -0.0800. The van der Waals surface area contributed by atoms with Crippen molar-refractivity contribution in [3.8, 4) is 0 Å². The maximum absolute atomic E-state index is 2.38. The van der Waals surface area contributed by atoms with Crippen LogP contribution >= 0.6 is 0 Å². The van der Waals surface area contributed by atoms with Crippen molar-refractivity contribution < 1.29 is 4.59 Å². The Labute approximate surface area is 44.9 Å². The van der Waals surface area contributed by atoms with Gasteiger partial charge in [-0.3, -0.25) is 4.59 Å². The van der Waals surface area contributed by atoms with Gasteiger partial charge in [0.05, 0.1) is 34.2 Å². The average Bonchev–Trinajstić information content (AvgIpc) is 1.99. The van der Waals surface area contributed by atoms with Gasteiger partial charge >= 0.3 is 0 Å². The zero-order valence-corrected chi connectivity index (χ0v) is 5.31. The van der Waals surface area contributed by atoms with Crippen LogP contribution in [0.3, 0.4) is 0 Å². The molecule has 0 radical (unpaired) electrons. The van der Waals surface area contributed by atoms with Crippen LogP contribution in [0.1, 0.15) is 0 Å². The molecule has 0 atom stereocenters. The third-order valence-corrected chi connectivity index (χ3v) is 1.27. The molecule has 1 aliphatic rings. The van der Waals surface area contributed by atoms with E-state index < -0.39 is 0 Å². The third-order valence-electron chi connectivity index (χ3n) is 1.27. The number of rotatable bonds is 1. The summed E-state index contributed by atoms with van der Waals surface area (Å²) in [6.07, 6.45) is 0. The Bertz CT molecular complexity index is 68.6. The third kappa shape index (κ3) is 1.14. The molecular formula is C5H13N2+. The van der Waals surface area contributed by atoms with Gasteiger partial charge in [-0.1, -0.05) is 0 Å². The van der Waals surface area contributed by atoms with Crippen LogP contribution in [0, 0.1) is 0 Å². The van der Waals surface area contributed by atoms with Crippen LogP contribution in [-0.4, -0.2) is 43.8 Å². The minimum absolute atomic E-state index is 1.00. The number of nitrogens with zero attached hydrogens (tertiary/aromatic N) is 2. The minimum atomic E-state index is 1.00. The summed E-state index contributed by atoms with van der Waals surface area (Å²) < 4.78 is 1.00. The van der Waals surface area contributed by atoms with Crippen molar-refractivity contribution in [1.29, 1.82) is 0 Å². The summed E-state index contributed by atoms with van der Waals surface area (Å²) in [7, 11) is 6.56. The summed E-state index contributed by atoms with van der Waals surface area (Å²) in [4.78, 5) is 0. The standard InChI is InChI=1S/C5H13N2/c1-7(2,3)6-4-5-6/h4-5H2,1-3H3/q+1. The summed E-state index contributed by atoms with van der Waals surface area (Å²) in [5, 5.41) is 2.38. The Kier molecular flexibility index (Phi) is 0.869. The predicted octanol–water partition coefficient (Wildman–Crippen LogP) is -0.0768. The molecule has 0 bridgehead atoms. The van der Waals surface area contributed by atoms with Gasteiger partial charge in [0.2, 0.25) is 0 Å². The van der Waals surface area contributed by atoms with Crippen molar-refractivity contribution in [1.82, 2.24) is 5.01 Å². The van der Waals surface area contributed by atoms with Gasteiger partial charge in [-0.05, 0) is 0 Å². The molecule has 0 unspecified atom stereocenters. The Morgan fingerprint density at radius 1 is 1.14 bits per heavy atom. The second-order valence-electron chi connectivity index (χ2n) is 2.90. The lowest BCUT2D eigenvalue weighted by atomic mass is 10.9. The Balaban J connectivity index is 2.36. The zero-order chi connectivity index (χ0) is 5.49. The zero-order valence-electron chi connectivity index (χ0n) is 5.31. The highest BCUT2D eigenvalue weighted by Gasteiger charge is 2.30. The van der Waals surface area contributed by atoms with E-state index in [-0.39, 0.29) is 0 Å². The van der Waals surface area contributed by atoms with Gasteiger partial charge < -0.3 is 0 Å². The molecular weight excluding hydrogens is 88.1 g/mol. The fourth-order valence-electron chi connectivity index (χ4n) is 0.645.